The number of benzene rings is 1. The molecule has 0 unspecified atom stereocenters. The number of rotatable bonds is 4. The van der Waals surface area contributed by atoms with Crippen LogP contribution < -0.4 is 51.4 Å². The fourth-order valence-corrected chi connectivity index (χ4v) is 1.29. The van der Waals surface area contributed by atoms with Crippen molar-refractivity contribution < 1.29 is 74.2 Å². The van der Waals surface area contributed by atoms with Gasteiger partial charge < -0.3 is 18.1 Å². The first-order valence-corrected chi connectivity index (χ1v) is 4.45. The maximum absolute atomic E-state index is 12.2. The van der Waals surface area contributed by atoms with Crippen molar-refractivity contribution in [3.05, 3.63) is 39.8 Å². The number of carbonyl (C=O) groups is 1. The number of halogens is 3. The van der Waals surface area contributed by atoms with E-state index in [1.54, 1.807) is 0 Å². The molecule has 1 aromatic rings. The Kier molecular flexibility index (Phi) is 6.97. The van der Waals surface area contributed by atoms with E-state index in [0.717, 1.165) is 18.2 Å². The number of carboxylic acid groups (broad SMARTS) is 1. The van der Waals surface area contributed by atoms with Gasteiger partial charge in [-0.25, -0.2) is 4.79 Å². The topological polar surface area (TPSA) is 86.1 Å². The van der Waals surface area contributed by atoms with E-state index < -0.39 is 19.3 Å². The van der Waals surface area contributed by atoms with Gasteiger partial charge in [-0.2, -0.15) is 0 Å². The van der Waals surface area contributed by atoms with Crippen molar-refractivity contribution in [1.82, 2.24) is 0 Å². The summed E-state index contributed by atoms with van der Waals surface area (Å²) in [5.74, 6) is -1.38. The summed E-state index contributed by atoms with van der Waals surface area (Å²) in [6.45, 7) is -5.07. The van der Waals surface area contributed by atoms with Crippen LogP contribution in [0.2, 0.25) is 0 Å². The van der Waals surface area contributed by atoms with E-state index in [-0.39, 0.29) is 68.2 Å². The Hall–Kier alpha value is -0.509. The molecule has 5 nitrogen and oxygen atoms in total. The molecule has 0 heterocycles. The average Bonchev–Trinajstić information content (AvgIpc) is 2.14. The van der Waals surface area contributed by atoms with Gasteiger partial charge in [0.1, 0.15) is 0 Å². The summed E-state index contributed by atoms with van der Waals surface area (Å²) in [7, 11) is 0. The number of hydrogen-bond acceptors (Lipinski definition) is 2. The Morgan fingerprint density at radius 2 is 2.00 bits per heavy atom. The van der Waals surface area contributed by atoms with Gasteiger partial charge in [-0.15, -0.1) is 0 Å². The summed E-state index contributed by atoms with van der Waals surface area (Å²) in [5.41, 5.74) is 7.44. The number of aromatic carboxylic acids is 1. The first-order chi connectivity index (χ1) is 7.81. The zero-order valence-electron chi connectivity index (χ0n) is 9.35. The molecule has 0 radical (unpaired) electrons. The van der Waals surface area contributed by atoms with Gasteiger partial charge in [0.05, 0.1) is 5.56 Å². The predicted molar refractivity (Wildman–Crippen MR) is 55.0 cm³/mol. The minimum atomic E-state index is -5.07. The van der Waals surface area contributed by atoms with Crippen molar-refractivity contribution in [1.29, 1.82) is 0 Å². The van der Waals surface area contributed by atoms with Crippen LogP contribution in [0, 0.1) is 0 Å². The van der Waals surface area contributed by atoms with Gasteiger partial charge in [0.15, 0.2) is 0 Å². The Balaban J connectivity index is 0.00000289. The Labute approximate surface area is 142 Å². The van der Waals surface area contributed by atoms with E-state index in [1.807, 2.05) is 0 Å². The van der Waals surface area contributed by atoms with Crippen molar-refractivity contribution in [2.24, 2.45) is 5.11 Å². The van der Waals surface area contributed by atoms with Crippen LogP contribution >= 0.6 is 0 Å². The molecular weight excluding hydrogens is 277 g/mol. The monoisotopic (exact) mass is 283 g/mol. The molecule has 18 heavy (non-hydrogen) atoms. The number of azide groups is 1. The van der Waals surface area contributed by atoms with Gasteiger partial charge in [0.2, 0.25) is 0 Å². The second kappa shape index (κ2) is 7.17. The van der Waals surface area contributed by atoms with Crippen molar-refractivity contribution >= 4 is 18.6 Å². The molecule has 0 aliphatic carbocycles. The predicted octanol–water partition coefficient (Wildman–Crippen LogP) is 0.260. The van der Waals surface area contributed by atoms with Crippen molar-refractivity contribution in [2.45, 2.75) is 6.32 Å². The summed E-state index contributed by atoms with van der Waals surface area (Å²) in [5, 5.41) is 11.8. The number of carboxylic acids is 1. The molecule has 0 aromatic heterocycles. The molecule has 0 aliphatic heterocycles. The molecule has 0 amide bonds. The minimum Gasteiger partial charge on any atom is -0.478 e. The molecule has 0 spiro atoms. The fourth-order valence-electron chi connectivity index (χ4n) is 1.29. The van der Waals surface area contributed by atoms with Gasteiger partial charge in [0.25, 0.3) is 0 Å². The van der Waals surface area contributed by atoms with E-state index >= 15 is 0 Å². The fraction of sp³-hybridized carbons (Fsp3) is 0.125. The zero-order valence-corrected chi connectivity index (χ0v) is 12.5. The molecule has 1 aromatic carbocycles. The normalized spacial score (nSPS) is 10.2. The van der Waals surface area contributed by atoms with Crippen LogP contribution in [0.25, 0.3) is 10.4 Å². The molecule has 0 atom stereocenters. The first-order valence-electron chi connectivity index (χ1n) is 4.45. The third-order valence-electron chi connectivity index (χ3n) is 1.85. The summed E-state index contributed by atoms with van der Waals surface area (Å²) >= 11 is 0. The second-order valence-electron chi connectivity index (χ2n) is 3.30. The van der Waals surface area contributed by atoms with Crippen LogP contribution in [-0.4, -0.2) is 18.1 Å². The molecule has 0 saturated heterocycles. The summed E-state index contributed by atoms with van der Waals surface area (Å²) in [6, 6.07) is 2.93. The Morgan fingerprint density at radius 1 is 1.39 bits per heavy atom. The quantitative estimate of drug-likeness (QED) is 0.372. The van der Waals surface area contributed by atoms with Gasteiger partial charge in [-0.3, -0.25) is 0 Å². The smallest absolute Gasteiger partial charge is 0.478 e. The summed E-state index contributed by atoms with van der Waals surface area (Å²) < 4.78 is 36.6. The van der Waals surface area contributed by atoms with E-state index in [4.69, 9.17) is 10.6 Å². The van der Waals surface area contributed by atoms with E-state index in [0.29, 0.717) is 0 Å². The van der Waals surface area contributed by atoms with E-state index in [9.17, 15) is 17.7 Å². The van der Waals surface area contributed by atoms with Crippen LogP contribution in [0.3, 0.4) is 0 Å². The van der Waals surface area contributed by atoms with Crippen LogP contribution in [0.4, 0.5) is 18.6 Å². The SMILES string of the molecule is [K+].[N-]=[N+]=Nc1cc(C[B-](F)(F)F)cc(C(=O)O)c1. The molecule has 1 N–H and O–H groups in total. The number of hydrogen-bond donors (Lipinski definition) is 1. The van der Waals surface area contributed by atoms with Gasteiger partial charge in [0, 0.05) is 10.6 Å². The minimum absolute atomic E-state index is 0. The molecule has 10 heteroatoms. The molecule has 90 valence electrons. The third-order valence-corrected chi connectivity index (χ3v) is 1.85. The second-order valence-corrected chi connectivity index (χ2v) is 3.30. The third kappa shape index (κ3) is 5.90. The first kappa shape index (κ1) is 17.5. The Bertz CT molecular complexity index is 483. The standard InChI is InChI=1S/C8H6BF3N3O2.K/c10-9(11,12)4-5-1-6(8(16)17)3-7(2-5)14-15-13;/h1-3H,4H2,(H,16,17);/q-1;+1. The van der Waals surface area contributed by atoms with Crippen molar-refractivity contribution in [2.75, 3.05) is 0 Å². The zero-order chi connectivity index (χ0) is 13.1. The van der Waals surface area contributed by atoms with Gasteiger partial charge in [-0.05, 0) is 17.7 Å². The number of nitrogens with zero attached hydrogens (tertiary/aromatic N) is 3. The molecule has 0 fully saturated rings. The van der Waals surface area contributed by atoms with Crippen LogP contribution in [0.15, 0.2) is 23.3 Å². The van der Waals surface area contributed by atoms with E-state index in [2.05, 4.69) is 10.0 Å². The van der Waals surface area contributed by atoms with E-state index in [1.165, 1.54) is 0 Å². The molecule has 0 saturated carbocycles. The summed E-state index contributed by atoms with van der Waals surface area (Å²) in [6.07, 6.45) is -1.21. The van der Waals surface area contributed by atoms with Gasteiger partial charge >= 0.3 is 64.3 Å². The van der Waals surface area contributed by atoms with Crippen molar-refractivity contribution in [3.63, 3.8) is 0 Å². The maximum atomic E-state index is 12.2. The molecule has 1 rings (SSSR count). The van der Waals surface area contributed by atoms with Crippen molar-refractivity contribution in [3.8, 4) is 0 Å². The van der Waals surface area contributed by atoms with Crippen LogP contribution in [0.1, 0.15) is 15.9 Å². The van der Waals surface area contributed by atoms with Crippen LogP contribution in [0.5, 0.6) is 0 Å². The average molecular weight is 283 g/mol. The molecular formula is C8H6BF3KN3O2. The Morgan fingerprint density at radius 3 is 2.44 bits per heavy atom. The largest absolute Gasteiger partial charge is 1.00 e. The molecule has 0 bridgehead atoms. The molecule has 0 aliphatic rings. The maximum Gasteiger partial charge on any atom is 1.00 e. The summed E-state index contributed by atoms with van der Waals surface area (Å²) in [4.78, 5) is 13.1. The van der Waals surface area contributed by atoms with Gasteiger partial charge in [-0.1, -0.05) is 23.1 Å². The van der Waals surface area contributed by atoms with Crippen LogP contribution in [-0.2, 0) is 6.32 Å².